The number of hydrogen-bond donors (Lipinski definition) is 3. The van der Waals surface area contributed by atoms with Gasteiger partial charge in [-0.05, 0) is 156 Å². The Balaban J connectivity index is 0.000000142. The minimum Gasteiger partial charge on any atom is -0.476 e. The van der Waals surface area contributed by atoms with E-state index >= 15 is 0 Å². The van der Waals surface area contributed by atoms with Crippen LogP contribution >= 0.6 is 58.0 Å². The summed E-state index contributed by atoms with van der Waals surface area (Å²) in [5, 5.41) is 11.8. The summed E-state index contributed by atoms with van der Waals surface area (Å²) in [6.45, 7) is 17.1. The number of imidazole rings is 5. The summed E-state index contributed by atoms with van der Waals surface area (Å²) in [7, 11) is -12.7. The fourth-order valence-electron chi connectivity index (χ4n) is 12.6. The number of benzene rings is 1. The van der Waals surface area contributed by atoms with Gasteiger partial charge < -0.3 is 43.5 Å². The number of aromatic nitrogens is 13. The summed E-state index contributed by atoms with van der Waals surface area (Å²) in [6, 6.07) is 37.4. The number of carboxylic acids is 1. The third-order valence-electron chi connectivity index (χ3n) is 18.6. The van der Waals surface area contributed by atoms with Gasteiger partial charge in [-0.25, -0.2) is 88.2 Å². The van der Waals surface area contributed by atoms with Crippen molar-refractivity contribution in [3.8, 4) is 0 Å². The molecule has 0 unspecified atom stereocenters. The monoisotopic (exact) mass is 1920 g/mol. The molecule has 3 aliphatic rings. The van der Waals surface area contributed by atoms with Crippen molar-refractivity contribution in [2.24, 2.45) is 0 Å². The van der Waals surface area contributed by atoms with Gasteiger partial charge in [0.2, 0.25) is 0 Å². The van der Waals surface area contributed by atoms with E-state index in [1.165, 1.54) is 50.0 Å². The molecule has 16 heterocycles. The Bertz CT molecular complexity index is 6730. The summed E-state index contributed by atoms with van der Waals surface area (Å²) >= 11 is 31.0. The van der Waals surface area contributed by atoms with E-state index in [1.807, 2.05) is 26.8 Å². The van der Waals surface area contributed by atoms with E-state index in [1.54, 1.807) is 178 Å². The number of aromatic carboxylic acids is 1. The van der Waals surface area contributed by atoms with Crippen molar-refractivity contribution in [2.45, 2.75) is 80.2 Å². The number of hydrogen-bond acceptors (Lipinski definition) is 25. The highest BCUT2D eigenvalue weighted by molar-refractivity contribution is 7.93. The number of halogens is 9. The van der Waals surface area contributed by atoms with Crippen LogP contribution in [-0.4, -0.2) is 201 Å². The average Bonchev–Trinajstić information content (AvgIpc) is 1.41. The fourth-order valence-corrected chi connectivity index (χ4v) is 17.6. The van der Waals surface area contributed by atoms with Crippen LogP contribution in [0.2, 0.25) is 25.8 Å². The maximum absolute atomic E-state index is 13.9. The zero-order chi connectivity index (χ0) is 91.8. The fraction of sp³-hybridized carbons (Fsp3) is 0.272. The molecule has 0 saturated carbocycles. The van der Waals surface area contributed by atoms with Crippen molar-refractivity contribution in [3.05, 3.63) is 244 Å². The Morgan fingerprint density at radius 3 is 1.25 bits per heavy atom. The molecule has 0 spiro atoms. The van der Waals surface area contributed by atoms with Crippen molar-refractivity contribution >= 4 is 175 Å². The number of sulfonamides is 3. The number of ether oxygens (including phenoxy) is 5. The van der Waals surface area contributed by atoms with Crippen molar-refractivity contribution < 1.29 is 86.0 Å². The zero-order valence-corrected chi connectivity index (χ0v) is 74.7. The summed E-state index contributed by atoms with van der Waals surface area (Å²) < 4.78 is 172. The number of carbonyl (C=O) groups excluding carboxylic acids is 2. The number of amides is 2. The summed E-state index contributed by atoms with van der Waals surface area (Å²) in [4.78, 5) is 74.7. The third kappa shape index (κ3) is 22.1. The minimum atomic E-state index is -4.97. The van der Waals surface area contributed by atoms with Gasteiger partial charge in [-0.2, -0.15) is 13.2 Å². The van der Waals surface area contributed by atoms with E-state index in [0.29, 0.717) is 127 Å². The molecule has 674 valence electrons. The van der Waals surface area contributed by atoms with Crippen LogP contribution in [0.1, 0.15) is 63.2 Å². The van der Waals surface area contributed by atoms with Crippen LogP contribution in [0.4, 0.5) is 67.9 Å². The highest BCUT2D eigenvalue weighted by atomic mass is 35.5. The third-order valence-corrected chi connectivity index (χ3v) is 25.1. The summed E-state index contributed by atoms with van der Waals surface area (Å²) in [5.74, 6) is -0.782. The molecule has 1 aromatic carbocycles. The SMILES string of the molecule is CC(C)(C)OC(=O)N(c1nc2ccccn2c1Cl)S(=O)(=O)c1ccc(N2CCOCC2)nc1.CC(C)(C)OC(=O)Nc1nc2ccccn2c1Cl.O=C(O)c1nc2ccccn2c1Cl.O=S(=O)(Nc1nc2ccccn2c1Cl)c1ccc(N2CCOCC2)nc1.O=S(=O)(c1ccc(N2CCOCC2)nc1)N(Cc1ccc(F)c(C(F)(F)F)c1)c1nc2ccccn2c1Cl. The number of anilines is 7. The zero-order valence-electron chi connectivity index (χ0n) is 68.5. The minimum absolute atomic E-state index is 0.0436. The Morgan fingerprint density at radius 2 is 0.852 bits per heavy atom. The van der Waals surface area contributed by atoms with Crippen molar-refractivity contribution in [2.75, 3.05) is 112 Å². The number of pyridine rings is 8. The molecule has 3 saturated heterocycles. The number of alkyl halides is 3. The van der Waals surface area contributed by atoms with E-state index in [9.17, 15) is 57.2 Å². The molecule has 0 radical (unpaired) electrons. The Kier molecular flexibility index (Phi) is 28.8. The predicted octanol–water partition coefficient (Wildman–Crippen LogP) is 15.2. The Morgan fingerprint density at radius 1 is 0.469 bits per heavy atom. The lowest BCUT2D eigenvalue weighted by atomic mass is 10.1. The average molecular weight is 1920 g/mol. The molecule has 3 fully saturated rings. The molecule has 2 amide bonds. The van der Waals surface area contributed by atoms with E-state index in [-0.39, 0.29) is 69.8 Å². The van der Waals surface area contributed by atoms with E-state index < -0.39 is 83.5 Å². The van der Waals surface area contributed by atoms with Crippen molar-refractivity contribution in [1.29, 1.82) is 0 Å². The van der Waals surface area contributed by atoms with Crippen LogP contribution in [-0.2, 0) is 66.5 Å². The number of nitrogens with zero attached hydrogens (tertiary/aromatic N) is 18. The molecule has 3 aliphatic heterocycles. The van der Waals surface area contributed by atoms with Crippen LogP contribution in [0.3, 0.4) is 0 Å². The summed E-state index contributed by atoms with van der Waals surface area (Å²) in [6.07, 6.45) is 5.37. The Labute approximate surface area is 754 Å². The maximum Gasteiger partial charge on any atom is 0.430 e. The molecule has 35 nitrogen and oxygen atoms in total. The smallest absolute Gasteiger partial charge is 0.430 e. The molecular formula is C81H79Cl5F4N20O15S3. The van der Waals surface area contributed by atoms with E-state index in [0.717, 1.165) is 29.3 Å². The van der Waals surface area contributed by atoms with Gasteiger partial charge in [0.25, 0.3) is 30.1 Å². The first kappa shape index (κ1) is 93.7. The predicted molar refractivity (Wildman–Crippen MR) is 471 cm³/mol. The molecule has 47 heteroatoms. The van der Waals surface area contributed by atoms with Gasteiger partial charge in [-0.3, -0.25) is 32.0 Å². The van der Waals surface area contributed by atoms with Crippen LogP contribution in [0.5, 0.6) is 0 Å². The second-order valence-electron chi connectivity index (χ2n) is 29.8. The molecule has 0 atom stereocenters. The van der Waals surface area contributed by atoms with Crippen LogP contribution in [0, 0.1) is 5.82 Å². The number of morpholine rings is 3. The van der Waals surface area contributed by atoms with Crippen molar-refractivity contribution in [1.82, 2.24) is 61.9 Å². The Hall–Kier alpha value is -12.0. The van der Waals surface area contributed by atoms with Crippen LogP contribution in [0.15, 0.2) is 210 Å². The lowest BCUT2D eigenvalue weighted by Crippen LogP contribution is -2.41. The first-order valence-electron chi connectivity index (χ1n) is 38.7. The summed E-state index contributed by atoms with van der Waals surface area (Å²) in [5.41, 5.74) is -0.809. The highest BCUT2D eigenvalue weighted by Crippen LogP contribution is 2.38. The molecule has 128 heavy (non-hydrogen) atoms. The van der Waals surface area contributed by atoms with Gasteiger partial charge in [0.05, 0.1) is 51.7 Å². The van der Waals surface area contributed by atoms with Crippen LogP contribution in [0.25, 0.3) is 28.2 Å². The van der Waals surface area contributed by atoms with Gasteiger partial charge in [-0.1, -0.05) is 94.4 Å². The molecular weight excluding hydrogens is 1840 g/mol. The largest absolute Gasteiger partial charge is 0.476 e. The van der Waals surface area contributed by atoms with Gasteiger partial charge >= 0.3 is 24.3 Å². The molecule has 0 bridgehead atoms. The maximum atomic E-state index is 13.9. The highest BCUT2D eigenvalue weighted by Gasteiger charge is 2.40. The van der Waals surface area contributed by atoms with Gasteiger partial charge in [0.1, 0.15) is 82.5 Å². The number of rotatable bonds is 16. The number of carboxylic acid groups (broad SMARTS) is 1. The topological polar surface area (TPSA) is 385 Å². The number of fused-ring (bicyclic) bond motifs is 5. The lowest BCUT2D eigenvalue weighted by Gasteiger charge is -2.28. The van der Waals surface area contributed by atoms with Gasteiger partial charge in [0, 0.05) is 88.8 Å². The van der Waals surface area contributed by atoms with E-state index in [2.05, 4.69) is 49.9 Å². The molecule has 3 N–H and O–H groups in total. The molecule has 0 aliphatic carbocycles. The molecule has 14 aromatic rings. The normalized spacial score (nSPS) is 14.0. The van der Waals surface area contributed by atoms with Gasteiger partial charge in [-0.15, -0.1) is 4.31 Å². The number of nitrogens with one attached hydrogen (secondary N) is 2. The first-order valence-corrected chi connectivity index (χ1v) is 44.9. The van der Waals surface area contributed by atoms with Crippen LogP contribution < -0.4 is 33.3 Å². The second kappa shape index (κ2) is 39.3. The van der Waals surface area contributed by atoms with Crippen molar-refractivity contribution in [3.63, 3.8) is 0 Å². The second-order valence-corrected chi connectivity index (χ2v) is 36.9. The van der Waals surface area contributed by atoms with Gasteiger partial charge in [0.15, 0.2) is 49.6 Å². The first-order chi connectivity index (χ1) is 60.7. The quantitative estimate of drug-likeness (QED) is 0.0756. The number of carbonyl (C=O) groups is 3. The van der Waals surface area contributed by atoms with E-state index in [4.69, 9.17) is 86.8 Å². The molecule has 13 aromatic heterocycles. The molecule has 17 rings (SSSR count). The lowest BCUT2D eigenvalue weighted by molar-refractivity contribution is -0.140. The standard InChI is InChI=1S/C24H20ClF4N5O3S.C21H24ClN5O5S.C16H16ClN5O3S.C12H14ClN3O2.C8H5ClN2O2/c25-22-23(31-21-3-1-2-8-33(21)22)34(15-16-4-6-19(26)18(13-16)24(27,28)29)38(35,36)17-5-7-20(30-14-17)32-9-11-37-12-10-32;1-21(2,3)32-20(28)27(19-18(22)26-9-5-4-6-17(26)24-19)33(29,30)15-7-8-16(23-14-15)25-10-12-31-13-11-25;17-15-16(19-14-3-1-2-6-22(14)15)20-26(23,24)12-4-5-13(18-11-12)21-7-9-25-10-8-21;1-12(2,3)18-11(17)15-10-9(13)16-7-5-4-6-8(16)14-10;9-7-6(8(12)13)10-5-3-1-2-4-11(5)7/h1-8,13-14H,9-12,15H2;4-9,14H,10-13H2,1-3H3;1-6,11,20H,7-10H2;4-7H,1-3H3,(H,15,17);1-4H,(H,12,13).